The van der Waals surface area contributed by atoms with Crippen LogP contribution in [0.1, 0.15) is 26.7 Å². The van der Waals surface area contributed by atoms with Gasteiger partial charge >= 0.3 is 0 Å². The normalized spacial score (nSPS) is 11.8. The Morgan fingerprint density at radius 3 is 2.22 bits per heavy atom. The molecule has 0 aliphatic carbocycles. The number of amidine groups is 1. The van der Waals surface area contributed by atoms with Gasteiger partial charge in [-0.3, -0.25) is 5.41 Å². The lowest BCUT2D eigenvalue weighted by atomic mass is 10.1. The lowest BCUT2D eigenvalue weighted by molar-refractivity contribution is 0.659. The molecule has 0 amide bonds. The number of hydrogen-bond acceptors (Lipinski definition) is 1. The van der Waals surface area contributed by atoms with E-state index in [1.165, 1.54) is 0 Å². The molecule has 0 aromatic rings. The largest absolute Gasteiger partial charge is 0.387 e. The standard InChI is InChI=1S/C6H14N2.ClH/c1-3-4-5(2)6(7)8;/h5H,3-4H2,1-2H3,(H3,7,8);1H. The van der Waals surface area contributed by atoms with Crippen molar-refractivity contribution in [1.82, 2.24) is 0 Å². The van der Waals surface area contributed by atoms with Crippen LogP contribution in [0.15, 0.2) is 0 Å². The third-order valence-electron chi connectivity index (χ3n) is 1.25. The van der Waals surface area contributed by atoms with Crippen LogP contribution in [0.3, 0.4) is 0 Å². The van der Waals surface area contributed by atoms with Gasteiger partial charge in [-0.15, -0.1) is 12.4 Å². The van der Waals surface area contributed by atoms with Crippen LogP contribution < -0.4 is 5.73 Å². The average molecular weight is 151 g/mol. The second kappa shape index (κ2) is 5.89. The van der Waals surface area contributed by atoms with Gasteiger partial charge in [-0.05, 0) is 6.42 Å². The zero-order valence-electron chi connectivity index (χ0n) is 5.98. The van der Waals surface area contributed by atoms with Gasteiger partial charge in [-0.25, -0.2) is 0 Å². The first-order valence-corrected chi connectivity index (χ1v) is 3.02. The summed E-state index contributed by atoms with van der Waals surface area (Å²) in [5, 5.41) is 6.98. The predicted octanol–water partition coefficient (Wildman–Crippen LogP) is 1.78. The van der Waals surface area contributed by atoms with Gasteiger partial charge in [-0.2, -0.15) is 0 Å². The summed E-state index contributed by atoms with van der Waals surface area (Å²) in [6.45, 7) is 4.07. The summed E-state index contributed by atoms with van der Waals surface area (Å²) in [5.74, 6) is 0.590. The minimum absolute atomic E-state index is 0. The summed E-state index contributed by atoms with van der Waals surface area (Å²) in [6.07, 6.45) is 2.15. The highest BCUT2D eigenvalue weighted by Crippen LogP contribution is 2.02. The van der Waals surface area contributed by atoms with Crippen LogP contribution in [-0.4, -0.2) is 5.84 Å². The maximum atomic E-state index is 6.98. The van der Waals surface area contributed by atoms with E-state index in [1.54, 1.807) is 0 Å². The van der Waals surface area contributed by atoms with Gasteiger partial charge in [-0.1, -0.05) is 20.3 Å². The number of hydrogen-bond donors (Lipinski definition) is 2. The molecule has 1 unspecified atom stereocenters. The van der Waals surface area contributed by atoms with E-state index in [2.05, 4.69) is 6.92 Å². The van der Waals surface area contributed by atoms with Crippen molar-refractivity contribution >= 4 is 18.2 Å². The maximum Gasteiger partial charge on any atom is 0.0934 e. The highest BCUT2D eigenvalue weighted by Gasteiger charge is 2.00. The molecule has 0 aromatic heterocycles. The van der Waals surface area contributed by atoms with E-state index in [0.717, 1.165) is 12.8 Å². The van der Waals surface area contributed by atoms with Crippen LogP contribution in [0.4, 0.5) is 0 Å². The Balaban J connectivity index is 0. The molecule has 0 bridgehead atoms. The Morgan fingerprint density at radius 1 is 1.67 bits per heavy atom. The van der Waals surface area contributed by atoms with Gasteiger partial charge in [0.25, 0.3) is 0 Å². The van der Waals surface area contributed by atoms with E-state index in [0.29, 0.717) is 5.84 Å². The van der Waals surface area contributed by atoms with Gasteiger partial charge in [0.2, 0.25) is 0 Å². The van der Waals surface area contributed by atoms with Crippen molar-refractivity contribution in [2.75, 3.05) is 0 Å². The van der Waals surface area contributed by atoms with Crippen molar-refractivity contribution in [3.63, 3.8) is 0 Å². The van der Waals surface area contributed by atoms with Crippen molar-refractivity contribution in [3.05, 3.63) is 0 Å². The monoisotopic (exact) mass is 150 g/mol. The Hall–Kier alpha value is -0.240. The molecule has 0 aliphatic heterocycles. The van der Waals surface area contributed by atoms with Crippen molar-refractivity contribution in [2.24, 2.45) is 11.7 Å². The molecule has 2 nitrogen and oxygen atoms in total. The molecule has 9 heavy (non-hydrogen) atoms. The fourth-order valence-corrected chi connectivity index (χ4v) is 0.589. The summed E-state index contributed by atoms with van der Waals surface area (Å²) in [4.78, 5) is 0. The van der Waals surface area contributed by atoms with Crippen LogP contribution >= 0.6 is 12.4 Å². The van der Waals surface area contributed by atoms with Gasteiger partial charge in [0, 0.05) is 5.92 Å². The molecule has 0 fully saturated rings. The fourth-order valence-electron chi connectivity index (χ4n) is 0.589. The molecular weight excluding hydrogens is 136 g/mol. The van der Waals surface area contributed by atoms with Gasteiger partial charge in [0.05, 0.1) is 5.84 Å². The Kier molecular flexibility index (Phi) is 7.55. The number of nitrogens with one attached hydrogen (secondary N) is 1. The second-order valence-electron chi connectivity index (χ2n) is 2.15. The van der Waals surface area contributed by atoms with E-state index < -0.39 is 0 Å². The highest BCUT2D eigenvalue weighted by molar-refractivity contribution is 5.85. The van der Waals surface area contributed by atoms with Gasteiger partial charge < -0.3 is 5.73 Å². The fraction of sp³-hybridized carbons (Fsp3) is 0.833. The number of nitrogens with two attached hydrogens (primary N) is 1. The van der Waals surface area contributed by atoms with Crippen LogP contribution in [0.5, 0.6) is 0 Å². The summed E-state index contributed by atoms with van der Waals surface area (Å²) >= 11 is 0. The lowest BCUT2D eigenvalue weighted by Crippen LogP contribution is -2.19. The predicted molar refractivity (Wildman–Crippen MR) is 43.2 cm³/mol. The summed E-state index contributed by atoms with van der Waals surface area (Å²) < 4.78 is 0. The van der Waals surface area contributed by atoms with Crippen LogP contribution in [0.25, 0.3) is 0 Å². The minimum atomic E-state index is 0. The first kappa shape index (κ1) is 11.5. The van der Waals surface area contributed by atoms with E-state index in [4.69, 9.17) is 11.1 Å². The summed E-state index contributed by atoms with van der Waals surface area (Å²) in [7, 11) is 0. The second-order valence-corrected chi connectivity index (χ2v) is 2.15. The Morgan fingerprint density at radius 2 is 2.11 bits per heavy atom. The molecule has 0 saturated heterocycles. The topological polar surface area (TPSA) is 49.9 Å². The number of halogens is 1. The molecule has 0 saturated carbocycles. The lowest BCUT2D eigenvalue weighted by Gasteiger charge is -2.04. The zero-order valence-corrected chi connectivity index (χ0v) is 6.79. The molecule has 56 valence electrons. The highest BCUT2D eigenvalue weighted by atomic mass is 35.5. The van der Waals surface area contributed by atoms with E-state index in [-0.39, 0.29) is 18.3 Å². The third-order valence-corrected chi connectivity index (χ3v) is 1.25. The molecular formula is C6H15ClN2. The number of rotatable bonds is 3. The van der Waals surface area contributed by atoms with Crippen LogP contribution in [0.2, 0.25) is 0 Å². The molecule has 1 atom stereocenters. The van der Waals surface area contributed by atoms with Crippen molar-refractivity contribution in [1.29, 1.82) is 5.41 Å². The molecule has 0 aliphatic rings. The summed E-state index contributed by atoms with van der Waals surface area (Å²) in [6, 6.07) is 0. The molecule has 3 N–H and O–H groups in total. The van der Waals surface area contributed by atoms with E-state index in [9.17, 15) is 0 Å². The van der Waals surface area contributed by atoms with Gasteiger partial charge in [0.1, 0.15) is 0 Å². The van der Waals surface area contributed by atoms with Crippen molar-refractivity contribution in [2.45, 2.75) is 26.7 Å². The maximum absolute atomic E-state index is 6.98. The Labute approximate surface area is 62.7 Å². The molecule has 0 radical (unpaired) electrons. The SMILES string of the molecule is CCCC(C)C(=N)N.Cl. The average Bonchev–Trinajstić information content (AvgIpc) is 1.67. The van der Waals surface area contributed by atoms with Crippen LogP contribution in [0, 0.1) is 11.3 Å². The quantitative estimate of drug-likeness (QED) is 0.468. The summed E-state index contributed by atoms with van der Waals surface area (Å²) in [5.41, 5.74) is 5.21. The molecule has 3 heteroatoms. The first-order chi connectivity index (χ1) is 3.68. The first-order valence-electron chi connectivity index (χ1n) is 3.02. The van der Waals surface area contributed by atoms with Gasteiger partial charge in [0.15, 0.2) is 0 Å². The molecule has 0 spiro atoms. The molecule has 0 rings (SSSR count). The third kappa shape index (κ3) is 5.63. The van der Waals surface area contributed by atoms with E-state index in [1.807, 2.05) is 6.92 Å². The Bertz CT molecular complexity index is 83.1. The van der Waals surface area contributed by atoms with Crippen LogP contribution in [-0.2, 0) is 0 Å². The molecule has 0 aromatic carbocycles. The molecule has 0 heterocycles. The van der Waals surface area contributed by atoms with Crippen molar-refractivity contribution in [3.8, 4) is 0 Å². The zero-order chi connectivity index (χ0) is 6.57. The van der Waals surface area contributed by atoms with E-state index >= 15 is 0 Å². The van der Waals surface area contributed by atoms with Crippen molar-refractivity contribution < 1.29 is 0 Å². The smallest absolute Gasteiger partial charge is 0.0934 e. The minimum Gasteiger partial charge on any atom is -0.387 e.